The average molecular weight is 402 g/mol. The smallest absolute Gasteiger partial charge is 0.343 e. The number of hydrogen-bond donors (Lipinski definition) is 0. The molecule has 2 aliphatic rings. The highest BCUT2D eigenvalue weighted by Crippen LogP contribution is 2.40. The maximum Gasteiger partial charge on any atom is 0.343 e. The Bertz CT molecular complexity index is 1040. The first-order chi connectivity index (χ1) is 13.4. The van der Waals surface area contributed by atoms with Gasteiger partial charge in [0.05, 0.1) is 22.8 Å². The summed E-state index contributed by atoms with van der Waals surface area (Å²) in [4.78, 5) is 30.0. The predicted molar refractivity (Wildman–Crippen MR) is 113 cm³/mol. The van der Waals surface area contributed by atoms with E-state index in [2.05, 4.69) is 29.0 Å². The zero-order chi connectivity index (χ0) is 20.0. The highest BCUT2D eigenvalue weighted by molar-refractivity contribution is 6.35. The topological polar surface area (TPSA) is 54.8 Å². The Morgan fingerprint density at radius 2 is 2.00 bits per heavy atom. The minimum absolute atomic E-state index is 0.0188. The molecule has 0 N–H and O–H groups in total. The van der Waals surface area contributed by atoms with Crippen molar-refractivity contribution in [3.63, 3.8) is 0 Å². The number of halogens is 1. The van der Waals surface area contributed by atoms with Gasteiger partial charge >= 0.3 is 5.97 Å². The van der Waals surface area contributed by atoms with Gasteiger partial charge in [0, 0.05) is 49.4 Å². The molecule has 2 aliphatic heterocycles. The molecule has 0 aliphatic carbocycles. The van der Waals surface area contributed by atoms with E-state index in [1.165, 1.54) is 0 Å². The average Bonchev–Trinajstić information content (AvgIpc) is 2.67. The zero-order valence-electron chi connectivity index (χ0n) is 16.4. The maximum atomic E-state index is 13.1. The Kier molecular flexibility index (Phi) is 4.93. The molecule has 1 aromatic carbocycles. The highest BCUT2D eigenvalue weighted by atomic mass is 35.5. The van der Waals surface area contributed by atoms with E-state index in [-0.39, 0.29) is 23.6 Å². The van der Waals surface area contributed by atoms with Crippen LogP contribution < -0.4 is 10.3 Å². The molecule has 1 unspecified atom stereocenters. The van der Waals surface area contributed by atoms with Crippen LogP contribution in [0.25, 0.3) is 17.0 Å². The van der Waals surface area contributed by atoms with E-state index in [0.717, 1.165) is 42.9 Å². The molecular formula is C21H24ClN3O3. The largest absolute Gasteiger partial charge is 0.462 e. The van der Waals surface area contributed by atoms with E-state index in [0.29, 0.717) is 10.4 Å². The number of allylic oxidation sites excluding steroid dienone is 1. The molecule has 0 saturated carbocycles. The van der Waals surface area contributed by atoms with Crippen molar-refractivity contribution in [2.45, 2.75) is 19.9 Å². The van der Waals surface area contributed by atoms with E-state index in [1.807, 2.05) is 11.5 Å². The Hall–Kier alpha value is -2.31. The Morgan fingerprint density at radius 1 is 1.29 bits per heavy atom. The quantitative estimate of drug-likeness (QED) is 0.739. The molecule has 148 valence electrons. The van der Waals surface area contributed by atoms with Gasteiger partial charge in [0.15, 0.2) is 0 Å². The lowest BCUT2D eigenvalue weighted by Gasteiger charge is -2.36. The number of ether oxygens (including phenoxy) is 1. The van der Waals surface area contributed by atoms with Crippen LogP contribution in [0.1, 0.15) is 35.8 Å². The fourth-order valence-electron chi connectivity index (χ4n) is 4.02. The number of benzene rings is 1. The summed E-state index contributed by atoms with van der Waals surface area (Å²) >= 11 is 6.68. The maximum absolute atomic E-state index is 13.1. The van der Waals surface area contributed by atoms with Gasteiger partial charge < -0.3 is 19.1 Å². The molecule has 1 atom stereocenters. The molecule has 28 heavy (non-hydrogen) atoms. The number of anilines is 1. The monoisotopic (exact) mass is 401 g/mol. The van der Waals surface area contributed by atoms with Gasteiger partial charge in [-0.05, 0) is 27.0 Å². The van der Waals surface area contributed by atoms with E-state index >= 15 is 0 Å². The Labute approximate surface area is 168 Å². The van der Waals surface area contributed by atoms with Crippen LogP contribution in [0.2, 0.25) is 5.02 Å². The van der Waals surface area contributed by atoms with Crippen LogP contribution in [0.15, 0.2) is 23.1 Å². The number of likely N-dealkylation sites (N-methyl/N-ethyl adjacent to an activating group) is 1. The number of aromatic nitrogens is 1. The van der Waals surface area contributed by atoms with Gasteiger partial charge in [-0.2, -0.15) is 0 Å². The molecule has 6 nitrogen and oxygen atoms in total. The minimum atomic E-state index is -0.597. The molecule has 1 saturated heterocycles. The second-order valence-corrected chi connectivity index (χ2v) is 7.81. The molecule has 2 aromatic rings. The van der Waals surface area contributed by atoms with Crippen LogP contribution in [0.3, 0.4) is 0 Å². The molecule has 1 fully saturated rings. The van der Waals surface area contributed by atoms with E-state index in [1.54, 1.807) is 19.2 Å². The second-order valence-electron chi connectivity index (χ2n) is 7.41. The predicted octanol–water partition coefficient (Wildman–Crippen LogP) is 3.17. The first kappa shape index (κ1) is 19.0. The zero-order valence-corrected chi connectivity index (χ0v) is 17.1. The third kappa shape index (κ3) is 3.01. The molecular weight excluding hydrogens is 378 g/mol. The molecule has 3 heterocycles. The SMILES string of the molecule is CCOC(=O)c1cn2c3c(c(N4CCN(C)CC4)c(Cl)cc3c1=O)C=CC2C. The molecule has 7 heteroatoms. The van der Waals surface area contributed by atoms with E-state index in [9.17, 15) is 9.59 Å². The number of carbonyl (C=O) groups is 1. The van der Waals surface area contributed by atoms with Crippen molar-refractivity contribution in [1.29, 1.82) is 0 Å². The van der Waals surface area contributed by atoms with Gasteiger partial charge in [0.2, 0.25) is 5.43 Å². The van der Waals surface area contributed by atoms with Crippen LogP contribution in [0.5, 0.6) is 0 Å². The summed E-state index contributed by atoms with van der Waals surface area (Å²) in [7, 11) is 2.11. The van der Waals surface area contributed by atoms with Gasteiger partial charge in [0.25, 0.3) is 0 Å². The van der Waals surface area contributed by atoms with Crippen LogP contribution in [0.4, 0.5) is 5.69 Å². The van der Waals surface area contributed by atoms with Gasteiger partial charge in [-0.1, -0.05) is 23.8 Å². The van der Waals surface area contributed by atoms with Crippen LogP contribution in [-0.4, -0.2) is 55.3 Å². The summed E-state index contributed by atoms with van der Waals surface area (Å²) in [5, 5.41) is 0.996. The second kappa shape index (κ2) is 7.26. The van der Waals surface area contributed by atoms with Crippen LogP contribution >= 0.6 is 11.6 Å². The fraction of sp³-hybridized carbons (Fsp3) is 0.429. The van der Waals surface area contributed by atoms with Gasteiger partial charge in [-0.3, -0.25) is 4.79 Å². The van der Waals surface area contributed by atoms with Gasteiger partial charge in [0.1, 0.15) is 5.56 Å². The molecule has 0 radical (unpaired) electrons. The molecule has 0 spiro atoms. The molecule has 4 rings (SSSR count). The summed E-state index contributed by atoms with van der Waals surface area (Å²) in [6.07, 6.45) is 5.75. The van der Waals surface area contributed by atoms with Gasteiger partial charge in [-0.25, -0.2) is 4.79 Å². The number of rotatable bonds is 3. The van der Waals surface area contributed by atoms with Gasteiger partial charge in [-0.15, -0.1) is 0 Å². The third-order valence-corrected chi connectivity index (χ3v) is 5.86. The van der Waals surface area contributed by atoms with Crippen molar-refractivity contribution in [2.75, 3.05) is 44.7 Å². The lowest BCUT2D eigenvalue weighted by molar-refractivity contribution is 0.0524. The minimum Gasteiger partial charge on any atom is -0.462 e. The first-order valence-electron chi connectivity index (χ1n) is 9.62. The van der Waals surface area contributed by atoms with Crippen molar-refractivity contribution < 1.29 is 9.53 Å². The van der Waals surface area contributed by atoms with E-state index in [4.69, 9.17) is 16.3 Å². The summed E-state index contributed by atoms with van der Waals surface area (Å²) in [5.74, 6) is -0.597. The summed E-state index contributed by atoms with van der Waals surface area (Å²) in [6, 6.07) is 1.73. The number of pyridine rings is 1. The lowest BCUT2D eigenvalue weighted by Crippen LogP contribution is -2.45. The summed E-state index contributed by atoms with van der Waals surface area (Å²) in [5.41, 5.74) is 2.44. The lowest BCUT2D eigenvalue weighted by atomic mass is 9.98. The Morgan fingerprint density at radius 3 is 2.68 bits per heavy atom. The first-order valence-corrected chi connectivity index (χ1v) is 10.00. The number of piperazine rings is 1. The highest BCUT2D eigenvalue weighted by Gasteiger charge is 2.27. The standard InChI is InChI=1S/C21H24ClN3O3/c1-4-28-21(27)16-12-25-13(2)5-6-14-18(25)15(20(16)26)11-17(22)19(14)24-9-7-23(3)8-10-24/h5-6,11-13H,4,7-10H2,1-3H3. The van der Waals surface area contributed by atoms with Crippen LogP contribution in [0, 0.1) is 0 Å². The van der Waals surface area contributed by atoms with Crippen molar-refractivity contribution in [3.8, 4) is 0 Å². The fourth-order valence-corrected chi connectivity index (χ4v) is 4.35. The summed E-state index contributed by atoms with van der Waals surface area (Å²) < 4.78 is 7.06. The van der Waals surface area contributed by atoms with Crippen LogP contribution in [-0.2, 0) is 4.74 Å². The number of nitrogens with zero attached hydrogens (tertiary/aromatic N) is 3. The number of esters is 1. The third-order valence-electron chi connectivity index (χ3n) is 5.57. The molecule has 1 aromatic heterocycles. The van der Waals surface area contributed by atoms with Crippen molar-refractivity contribution >= 4 is 40.2 Å². The number of hydrogen-bond acceptors (Lipinski definition) is 5. The summed E-state index contributed by atoms with van der Waals surface area (Å²) in [6.45, 7) is 7.66. The number of carbonyl (C=O) groups excluding carboxylic acids is 1. The van der Waals surface area contributed by atoms with E-state index < -0.39 is 5.97 Å². The normalized spacial score (nSPS) is 19.3. The van der Waals surface area contributed by atoms with Crippen molar-refractivity contribution in [3.05, 3.63) is 44.7 Å². The molecule has 0 amide bonds. The van der Waals surface area contributed by atoms with Crippen molar-refractivity contribution in [1.82, 2.24) is 9.47 Å². The Balaban J connectivity index is 1.96. The molecule has 0 bridgehead atoms. The van der Waals surface area contributed by atoms with Crippen molar-refractivity contribution in [2.24, 2.45) is 0 Å².